The normalized spacial score (nSPS) is 19.7. The lowest BCUT2D eigenvalue weighted by Gasteiger charge is -2.27. The maximum absolute atomic E-state index is 13.2. The molecule has 2 aromatic carbocycles. The highest BCUT2D eigenvalue weighted by atomic mass is 16.5. The number of hydrogen-bond acceptors (Lipinski definition) is 5. The molecule has 1 heterocycles. The van der Waals surface area contributed by atoms with Crippen LogP contribution in [0.4, 0.5) is 4.79 Å². The molecule has 2 N–H and O–H groups in total. The number of ether oxygens (including phenoxy) is 2. The Balaban J connectivity index is 1.40. The summed E-state index contributed by atoms with van der Waals surface area (Å²) in [4.78, 5) is 39.3. The summed E-state index contributed by atoms with van der Waals surface area (Å²) < 4.78 is 10.7. The standard InChI is InChI=1S/C27H32N2O6/c1-3-8-23(24(30)29-14-13-27(16-29,17-34-2)25(31)32)28-26(33)35-15-22-20-11-6-4-9-18(20)19-10-5-7-12-21(19)22/h4-7,9-12,22-23H,3,8,13-17H2,1-2H3,(H,28,33)(H,31,32)/t23-,27?/m0/s1. The molecule has 1 aliphatic heterocycles. The van der Waals surface area contributed by atoms with Gasteiger partial charge in [-0.2, -0.15) is 0 Å². The molecule has 2 atom stereocenters. The van der Waals surface area contributed by atoms with Crippen molar-refractivity contribution in [2.75, 3.05) is 33.4 Å². The molecular formula is C27H32N2O6. The quantitative estimate of drug-likeness (QED) is 0.568. The van der Waals surface area contributed by atoms with E-state index in [9.17, 15) is 19.5 Å². The van der Waals surface area contributed by atoms with E-state index in [1.165, 1.54) is 12.0 Å². The van der Waals surface area contributed by atoms with Crippen molar-refractivity contribution in [3.63, 3.8) is 0 Å². The lowest BCUT2D eigenvalue weighted by molar-refractivity contribution is -0.151. The van der Waals surface area contributed by atoms with Crippen LogP contribution in [0.15, 0.2) is 48.5 Å². The van der Waals surface area contributed by atoms with Gasteiger partial charge in [0.1, 0.15) is 18.1 Å². The second-order valence-corrected chi connectivity index (χ2v) is 9.34. The molecule has 2 aromatic rings. The smallest absolute Gasteiger partial charge is 0.407 e. The number of amides is 2. The molecule has 2 aliphatic rings. The van der Waals surface area contributed by atoms with Crippen LogP contribution < -0.4 is 5.32 Å². The number of alkyl carbamates (subject to hydrolysis) is 1. The van der Waals surface area contributed by atoms with Crippen LogP contribution in [0.2, 0.25) is 0 Å². The van der Waals surface area contributed by atoms with Gasteiger partial charge in [-0.15, -0.1) is 0 Å². The van der Waals surface area contributed by atoms with Crippen molar-refractivity contribution in [3.05, 3.63) is 59.7 Å². The minimum absolute atomic E-state index is 0.0321. The molecule has 35 heavy (non-hydrogen) atoms. The number of methoxy groups -OCH3 is 1. The van der Waals surface area contributed by atoms with Gasteiger partial charge >= 0.3 is 12.1 Å². The highest BCUT2D eigenvalue weighted by molar-refractivity contribution is 5.87. The Morgan fingerprint density at radius 3 is 2.31 bits per heavy atom. The number of carboxylic acids is 1. The van der Waals surface area contributed by atoms with Crippen LogP contribution in [0.3, 0.4) is 0 Å². The summed E-state index contributed by atoms with van der Waals surface area (Å²) in [5, 5.41) is 12.4. The van der Waals surface area contributed by atoms with Crippen LogP contribution in [0.5, 0.6) is 0 Å². The van der Waals surface area contributed by atoms with Gasteiger partial charge in [0, 0.05) is 26.1 Å². The van der Waals surface area contributed by atoms with E-state index in [1.807, 2.05) is 43.3 Å². The van der Waals surface area contributed by atoms with Gasteiger partial charge in [0.15, 0.2) is 0 Å². The first-order valence-electron chi connectivity index (χ1n) is 12.0. The molecule has 0 saturated carbocycles. The van der Waals surface area contributed by atoms with E-state index >= 15 is 0 Å². The van der Waals surface area contributed by atoms with Crippen LogP contribution >= 0.6 is 0 Å². The second-order valence-electron chi connectivity index (χ2n) is 9.34. The Morgan fingerprint density at radius 1 is 1.11 bits per heavy atom. The van der Waals surface area contributed by atoms with E-state index in [4.69, 9.17) is 9.47 Å². The zero-order valence-electron chi connectivity index (χ0n) is 20.2. The Kier molecular flexibility index (Phi) is 7.40. The summed E-state index contributed by atoms with van der Waals surface area (Å²) in [6.45, 7) is 2.48. The van der Waals surface area contributed by atoms with Gasteiger partial charge in [-0.25, -0.2) is 4.79 Å². The summed E-state index contributed by atoms with van der Waals surface area (Å²) >= 11 is 0. The third-order valence-electron chi connectivity index (χ3n) is 7.05. The minimum atomic E-state index is -1.12. The summed E-state index contributed by atoms with van der Waals surface area (Å²) in [7, 11) is 1.45. The summed E-state index contributed by atoms with van der Waals surface area (Å²) in [5.41, 5.74) is 3.39. The van der Waals surface area contributed by atoms with Crippen molar-refractivity contribution in [3.8, 4) is 11.1 Å². The van der Waals surface area contributed by atoms with Gasteiger partial charge in [0.2, 0.25) is 5.91 Å². The molecule has 186 valence electrons. The van der Waals surface area contributed by atoms with E-state index in [0.717, 1.165) is 22.3 Å². The van der Waals surface area contributed by atoms with Crippen molar-refractivity contribution in [2.45, 2.75) is 38.1 Å². The average Bonchev–Trinajstić information content (AvgIpc) is 3.43. The van der Waals surface area contributed by atoms with Crippen molar-refractivity contribution < 1.29 is 29.0 Å². The average molecular weight is 481 g/mol. The van der Waals surface area contributed by atoms with Crippen LogP contribution in [0, 0.1) is 5.41 Å². The lowest BCUT2D eigenvalue weighted by Crippen LogP contribution is -2.49. The molecule has 1 fully saturated rings. The number of carboxylic acid groups (broad SMARTS) is 1. The molecule has 0 radical (unpaired) electrons. The fourth-order valence-electron chi connectivity index (χ4n) is 5.24. The molecule has 1 unspecified atom stereocenters. The third kappa shape index (κ3) is 4.89. The molecule has 2 amide bonds. The van der Waals surface area contributed by atoms with Crippen LogP contribution in [0.1, 0.15) is 43.2 Å². The predicted octanol–water partition coefficient (Wildman–Crippen LogP) is 3.64. The third-order valence-corrected chi connectivity index (χ3v) is 7.05. The van der Waals surface area contributed by atoms with Gasteiger partial charge in [0.05, 0.1) is 6.61 Å². The van der Waals surface area contributed by atoms with Crippen LogP contribution in [-0.4, -0.2) is 67.4 Å². The fourth-order valence-corrected chi connectivity index (χ4v) is 5.24. The molecule has 1 saturated heterocycles. The monoisotopic (exact) mass is 480 g/mol. The number of fused-ring (bicyclic) bond motifs is 3. The first-order chi connectivity index (χ1) is 16.9. The number of carbonyl (C=O) groups is 3. The highest BCUT2D eigenvalue weighted by Gasteiger charge is 2.47. The largest absolute Gasteiger partial charge is 0.481 e. The lowest BCUT2D eigenvalue weighted by atomic mass is 9.88. The van der Waals surface area contributed by atoms with Gasteiger partial charge in [-0.3, -0.25) is 9.59 Å². The number of benzene rings is 2. The van der Waals surface area contributed by atoms with E-state index < -0.39 is 23.5 Å². The van der Waals surface area contributed by atoms with Gasteiger partial charge < -0.3 is 24.8 Å². The van der Waals surface area contributed by atoms with Crippen molar-refractivity contribution >= 4 is 18.0 Å². The molecule has 0 spiro atoms. The molecular weight excluding hydrogens is 448 g/mol. The predicted molar refractivity (Wildman–Crippen MR) is 130 cm³/mol. The van der Waals surface area contributed by atoms with Crippen molar-refractivity contribution in [2.24, 2.45) is 5.41 Å². The van der Waals surface area contributed by atoms with Gasteiger partial charge in [-0.1, -0.05) is 61.9 Å². The van der Waals surface area contributed by atoms with Gasteiger partial charge in [-0.05, 0) is 35.1 Å². The maximum Gasteiger partial charge on any atom is 0.407 e. The van der Waals surface area contributed by atoms with E-state index in [0.29, 0.717) is 25.8 Å². The second kappa shape index (κ2) is 10.5. The first-order valence-corrected chi connectivity index (χ1v) is 12.0. The number of likely N-dealkylation sites (tertiary alicyclic amines) is 1. The minimum Gasteiger partial charge on any atom is -0.481 e. The van der Waals surface area contributed by atoms with Gasteiger partial charge in [0.25, 0.3) is 0 Å². The van der Waals surface area contributed by atoms with E-state index in [-0.39, 0.29) is 31.6 Å². The Morgan fingerprint density at radius 2 is 1.74 bits per heavy atom. The number of nitrogens with zero attached hydrogens (tertiary/aromatic N) is 1. The molecule has 0 bridgehead atoms. The number of aliphatic carboxylic acids is 1. The number of carbonyl (C=O) groups excluding carboxylic acids is 2. The highest BCUT2D eigenvalue weighted by Crippen LogP contribution is 2.44. The number of rotatable bonds is 9. The van der Waals surface area contributed by atoms with Crippen LogP contribution in [0.25, 0.3) is 11.1 Å². The Hall–Kier alpha value is -3.39. The fraction of sp³-hybridized carbons (Fsp3) is 0.444. The first kappa shape index (κ1) is 24.7. The summed E-state index contributed by atoms with van der Waals surface area (Å²) in [5.74, 6) is -1.34. The SMILES string of the molecule is CCC[C@H](NC(=O)OCC1c2ccccc2-c2ccccc21)C(=O)N1CCC(COC)(C(=O)O)C1. The van der Waals surface area contributed by atoms with E-state index in [1.54, 1.807) is 0 Å². The molecule has 8 nitrogen and oxygen atoms in total. The molecule has 4 rings (SSSR count). The summed E-state index contributed by atoms with van der Waals surface area (Å²) in [6.07, 6.45) is 0.769. The van der Waals surface area contributed by atoms with Crippen molar-refractivity contribution in [1.29, 1.82) is 0 Å². The van der Waals surface area contributed by atoms with E-state index in [2.05, 4.69) is 17.4 Å². The summed E-state index contributed by atoms with van der Waals surface area (Å²) in [6, 6.07) is 15.4. The molecule has 8 heteroatoms. The van der Waals surface area contributed by atoms with Crippen molar-refractivity contribution in [1.82, 2.24) is 10.2 Å². The Bertz CT molecular complexity index is 1060. The van der Waals surface area contributed by atoms with Crippen LogP contribution in [-0.2, 0) is 19.1 Å². The maximum atomic E-state index is 13.2. The number of nitrogens with one attached hydrogen (secondary N) is 1. The zero-order chi connectivity index (χ0) is 25.0. The molecule has 1 aliphatic carbocycles. The number of hydrogen-bond donors (Lipinski definition) is 2. The molecule has 0 aromatic heterocycles. The zero-order valence-corrected chi connectivity index (χ0v) is 20.2. The topological polar surface area (TPSA) is 105 Å². The Labute approximate surface area is 205 Å².